The first-order valence-corrected chi connectivity index (χ1v) is 9.70. The topological polar surface area (TPSA) is 77.5 Å². The number of carbonyl (C=O) groups excluding carboxylic acids is 1. The van der Waals surface area contributed by atoms with Crippen LogP contribution < -0.4 is 9.47 Å². The number of methoxy groups -OCH3 is 3. The molecule has 0 saturated heterocycles. The average Bonchev–Trinajstić information content (AvgIpc) is 3.07. The van der Waals surface area contributed by atoms with Crippen LogP contribution in [-0.2, 0) is 16.0 Å². The van der Waals surface area contributed by atoms with Crippen LogP contribution >= 0.6 is 0 Å². The molecule has 0 atom stereocenters. The summed E-state index contributed by atoms with van der Waals surface area (Å²) in [5, 5.41) is 10.5. The first-order chi connectivity index (χ1) is 14.6. The van der Waals surface area contributed by atoms with E-state index in [9.17, 15) is 9.90 Å². The minimum Gasteiger partial charge on any atom is -0.507 e. The molecule has 0 spiro atoms. The molecule has 7 nitrogen and oxygen atoms in total. The molecule has 160 valence electrons. The molecule has 3 rings (SSSR count). The second kappa shape index (κ2) is 10.2. The molecule has 0 aliphatic carbocycles. The maximum Gasteiger partial charge on any atom is 0.231 e. The van der Waals surface area contributed by atoms with Crippen molar-refractivity contribution >= 4 is 11.9 Å². The van der Waals surface area contributed by atoms with Crippen LogP contribution in [0, 0.1) is 0 Å². The highest BCUT2D eigenvalue weighted by atomic mass is 16.5. The number of Topliss-reactive ketones (excluding diaryl/α,β-unsaturated/α-hetero) is 1. The average molecular weight is 413 g/mol. The number of fused-ring (bicyclic) bond motifs is 1. The van der Waals surface area contributed by atoms with Crippen LogP contribution in [0.4, 0.5) is 0 Å². The van der Waals surface area contributed by atoms with Crippen LogP contribution in [0.1, 0.15) is 21.5 Å². The van der Waals surface area contributed by atoms with E-state index in [1.807, 2.05) is 24.3 Å². The van der Waals surface area contributed by atoms with Gasteiger partial charge < -0.3 is 24.1 Å². The van der Waals surface area contributed by atoms with E-state index in [-0.39, 0.29) is 17.3 Å². The lowest BCUT2D eigenvalue weighted by atomic mass is 10.0. The molecule has 0 amide bonds. The van der Waals surface area contributed by atoms with Crippen molar-refractivity contribution in [2.75, 3.05) is 47.6 Å². The van der Waals surface area contributed by atoms with Gasteiger partial charge in [-0.2, -0.15) is 0 Å². The van der Waals surface area contributed by atoms with E-state index in [0.717, 1.165) is 11.3 Å². The van der Waals surface area contributed by atoms with Crippen molar-refractivity contribution in [3.63, 3.8) is 0 Å². The highest BCUT2D eigenvalue weighted by molar-refractivity contribution is 6.15. The molecule has 0 radical (unpaired) electrons. The molecule has 0 saturated carbocycles. The Morgan fingerprint density at radius 3 is 2.27 bits per heavy atom. The monoisotopic (exact) mass is 413 g/mol. The Morgan fingerprint density at radius 2 is 1.67 bits per heavy atom. The van der Waals surface area contributed by atoms with Gasteiger partial charge in [-0.15, -0.1) is 0 Å². The molecule has 1 aliphatic heterocycles. The van der Waals surface area contributed by atoms with Gasteiger partial charge in [0.25, 0.3) is 0 Å². The van der Waals surface area contributed by atoms with Crippen molar-refractivity contribution in [1.82, 2.24) is 4.90 Å². The zero-order valence-electron chi connectivity index (χ0n) is 17.5. The Kier molecular flexibility index (Phi) is 7.46. The third kappa shape index (κ3) is 4.99. The van der Waals surface area contributed by atoms with E-state index in [0.29, 0.717) is 49.7 Å². The van der Waals surface area contributed by atoms with Crippen molar-refractivity contribution in [3.05, 3.63) is 58.8 Å². The zero-order chi connectivity index (χ0) is 21.5. The Balaban J connectivity index is 1.86. The van der Waals surface area contributed by atoms with Crippen LogP contribution in [-0.4, -0.2) is 63.4 Å². The number of benzene rings is 2. The van der Waals surface area contributed by atoms with Crippen molar-refractivity contribution in [3.8, 4) is 17.2 Å². The van der Waals surface area contributed by atoms with E-state index < -0.39 is 0 Å². The third-order valence-corrected chi connectivity index (χ3v) is 4.93. The van der Waals surface area contributed by atoms with Gasteiger partial charge in [0.15, 0.2) is 5.76 Å². The van der Waals surface area contributed by atoms with Crippen LogP contribution in [0.25, 0.3) is 6.08 Å². The van der Waals surface area contributed by atoms with Crippen LogP contribution in [0.15, 0.2) is 42.2 Å². The summed E-state index contributed by atoms with van der Waals surface area (Å²) in [7, 11) is 4.89. The summed E-state index contributed by atoms with van der Waals surface area (Å²) in [5.74, 6) is 1.25. The molecule has 0 bridgehead atoms. The molecule has 7 heteroatoms. The fraction of sp³-hybridized carbons (Fsp3) is 0.348. The van der Waals surface area contributed by atoms with E-state index >= 15 is 0 Å². The summed E-state index contributed by atoms with van der Waals surface area (Å²) < 4.78 is 21.5. The zero-order valence-corrected chi connectivity index (χ0v) is 17.5. The van der Waals surface area contributed by atoms with Gasteiger partial charge in [0.2, 0.25) is 5.78 Å². The lowest BCUT2D eigenvalue weighted by Gasteiger charge is -2.23. The fourth-order valence-electron chi connectivity index (χ4n) is 3.24. The smallest absolute Gasteiger partial charge is 0.231 e. The van der Waals surface area contributed by atoms with Crippen molar-refractivity contribution in [2.24, 2.45) is 0 Å². The molecule has 2 aromatic rings. The molecular weight excluding hydrogens is 386 g/mol. The maximum atomic E-state index is 12.9. The minimum atomic E-state index is -0.206. The molecule has 1 aliphatic rings. The number of ketones is 1. The molecule has 2 aromatic carbocycles. The summed E-state index contributed by atoms with van der Waals surface area (Å²) in [5.41, 5.74) is 1.84. The summed E-state index contributed by atoms with van der Waals surface area (Å²) in [6.45, 7) is 2.81. The number of hydrogen-bond donors (Lipinski definition) is 1. The predicted octanol–water partition coefficient (Wildman–Crippen LogP) is 3.11. The number of hydrogen-bond acceptors (Lipinski definition) is 7. The van der Waals surface area contributed by atoms with Crippen molar-refractivity contribution in [2.45, 2.75) is 6.54 Å². The lowest BCUT2D eigenvalue weighted by Crippen LogP contribution is -2.30. The normalized spacial score (nSPS) is 14.3. The number of ether oxygens (including phenoxy) is 4. The molecule has 0 unspecified atom stereocenters. The summed E-state index contributed by atoms with van der Waals surface area (Å²) >= 11 is 0. The lowest BCUT2D eigenvalue weighted by molar-refractivity contribution is 0.101. The van der Waals surface area contributed by atoms with Crippen LogP contribution in [0.5, 0.6) is 17.2 Å². The van der Waals surface area contributed by atoms with Gasteiger partial charge in [-0.1, -0.05) is 12.1 Å². The van der Waals surface area contributed by atoms with Gasteiger partial charge >= 0.3 is 0 Å². The number of phenols is 1. The Bertz CT molecular complexity index is 899. The number of rotatable bonds is 10. The second-order valence-corrected chi connectivity index (χ2v) is 6.91. The quantitative estimate of drug-likeness (QED) is 0.600. The first-order valence-electron chi connectivity index (χ1n) is 9.70. The van der Waals surface area contributed by atoms with E-state index in [2.05, 4.69) is 4.90 Å². The van der Waals surface area contributed by atoms with E-state index in [1.54, 1.807) is 33.5 Å². The first kappa shape index (κ1) is 21.8. The van der Waals surface area contributed by atoms with Crippen molar-refractivity contribution in [1.29, 1.82) is 0 Å². The number of aromatic hydroxyl groups is 1. The predicted molar refractivity (Wildman–Crippen MR) is 113 cm³/mol. The number of carbonyl (C=O) groups is 1. The van der Waals surface area contributed by atoms with Crippen LogP contribution in [0.3, 0.4) is 0 Å². The second-order valence-electron chi connectivity index (χ2n) is 6.91. The maximum absolute atomic E-state index is 12.9. The number of allylic oxidation sites excluding steroid dienone is 1. The van der Waals surface area contributed by atoms with Crippen LogP contribution in [0.2, 0.25) is 0 Å². The van der Waals surface area contributed by atoms with Gasteiger partial charge in [-0.25, -0.2) is 0 Å². The van der Waals surface area contributed by atoms with Gasteiger partial charge in [0.1, 0.15) is 17.2 Å². The van der Waals surface area contributed by atoms with Crippen molar-refractivity contribution < 1.29 is 28.8 Å². The van der Waals surface area contributed by atoms with E-state index in [4.69, 9.17) is 18.9 Å². The Labute approximate surface area is 176 Å². The van der Waals surface area contributed by atoms with Gasteiger partial charge in [0.05, 0.1) is 31.5 Å². The van der Waals surface area contributed by atoms with Gasteiger partial charge in [0, 0.05) is 33.9 Å². The standard InChI is InChI=1S/C23H27NO6/c1-27-12-10-24(11-13-28-2)15-19-20(25)9-8-18-22(26)21(30-23(18)19)14-16-4-6-17(29-3)7-5-16/h4-9,14,25H,10-13,15H2,1-3H3/b21-14+. The van der Waals surface area contributed by atoms with Gasteiger partial charge in [-0.3, -0.25) is 9.69 Å². The molecule has 0 aromatic heterocycles. The molecule has 30 heavy (non-hydrogen) atoms. The fourth-order valence-corrected chi connectivity index (χ4v) is 3.24. The van der Waals surface area contributed by atoms with E-state index in [1.165, 1.54) is 6.07 Å². The number of phenolic OH excluding ortho intramolecular Hbond substituents is 1. The Hall–Kier alpha value is -2.87. The minimum absolute atomic E-state index is 0.0899. The highest BCUT2D eigenvalue weighted by Gasteiger charge is 2.31. The summed E-state index contributed by atoms with van der Waals surface area (Å²) in [4.78, 5) is 14.9. The highest BCUT2D eigenvalue weighted by Crippen LogP contribution is 2.40. The number of nitrogens with zero attached hydrogens (tertiary/aromatic N) is 1. The largest absolute Gasteiger partial charge is 0.507 e. The SMILES string of the molecule is COCCN(CCOC)Cc1c(O)ccc2c1O/C(=C/c1ccc(OC)cc1)C2=O. The summed E-state index contributed by atoms with van der Waals surface area (Å²) in [6, 6.07) is 10.5. The third-order valence-electron chi connectivity index (χ3n) is 4.93. The molecule has 1 N–H and O–H groups in total. The molecule has 0 fully saturated rings. The van der Waals surface area contributed by atoms with Gasteiger partial charge in [-0.05, 0) is 35.9 Å². The summed E-state index contributed by atoms with van der Waals surface area (Å²) in [6.07, 6.45) is 1.69. The Morgan fingerprint density at radius 1 is 1.00 bits per heavy atom. The molecule has 1 heterocycles. The molecular formula is C23H27NO6.